The molecule has 0 spiro atoms. The summed E-state index contributed by atoms with van der Waals surface area (Å²) >= 11 is 20.8. The summed E-state index contributed by atoms with van der Waals surface area (Å²) in [5.74, 6) is -0.0596. The average Bonchev–Trinajstić information content (AvgIpc) is 3.04. The van der Waals surface area contributed by atoms with Crippen LogP contribution in [0.25, 0.3) is 16.9 Å². The molecule has 0 fully saturated rings. The molecule has 1 aromatic heterocycles. The Morgan fingerprint density at radius 2 is 1.89 bits per heavy atom. The minimum atomic E-state index is -0.691. The van der Waals surface area contributed by atoms with Crippen molar-refractivity contribution in [3.05, 3.63) is 78.3 Å². The SMILES string of the molecule is O=[N+]([O-])C(C(Cl)=C(Cl)Cl)=C(Nc1cccc(Br)c1)n1nnc2ccccc21. The molecule has 11 heteroatoms. The van der Waals surface area contributed by atoms with Gasteiger partial charge in [0.25, 0.3) is 0 Å². The third kappa shape index (κ3) is 4.24. The Labute approximate surface area is 176 Å². The predicted octanol–water partition coefficient (Wildman–Crippen LogP) is 5.59. The lowest BCUT2D eigenvalue weighted by atomic mass is 10.3. The van der Waals surface area contributed by atoms with E-state index in [1.54, 1.807) is 42.5 Å². The van der Waals surface area contributed by atoms with Crippen LogP contribution in [0.4, 0.5) is 5.69 Å². The summed E-state index contributed by atoms with van der Waals surface area (Å²) in [6.45, 7) is 0. The number of halogens is 4. The second-order valence-corrected chi connectivity index (χ2v) is 7.40. The molecule has 7 nitrogen and oxygen atoms in total. The number of aromatic nitrogens is 3. The topological polar surface area (TPSA) is 85.9 Å². The number of benzene rings is 2. The van der Waals surface area contributed by atoms with Gasteiger partial charge >= 0.3 is 5.70 Å². The maximum Gasteiger partial charge on any atom is 0.332 e. The molecule has 27 heavy (non-hydrogen) atoms. The summed E-state index contributed by atoms with van der Waals surface area (Å²) in [6, 6.07) is 14.0. The van der Waals surface area contributed by atoms with Gasteiger partial charge in [-0.3, -0.25) is 10.1 Å². The summed E-state index contributed by atoms with van der Waals surface area (Å²) < 4.78 is 1.60. The fourth-order valence-corrected chi connectivity index (χ4v) is 3.05. The first-order chi connectivity index (χ1) is 12.9. The summed E-state index contributed by atoms with van der Waals surface area (Å²) in [5, 5.41) is 22.4. The van der Waals surface area contributed by atoms with Crippen molar-refractivity contribution in [3.63, 3.8) is 0 Å². The Hall–Kier alpha value is -2.13. The number of rotatable bonds is 5. The molecule has 1 heterocycles. The number of hydrogen-bond acceptors (Lipinski definition) is 5. The highest BCUT2D eigenvalue weighted by atomic mass is 79.9. The van der Waals surface area contributed by atoms with Crippen LogP contribution in [0.5, 0.6) is 0 Å². The minimum absolute atomic E-state index is 0.0596. The standard InChI is InChI=1S/C16H9BrCl3N5O2/c17-9-4-3-5-10(8-9)21-16(14(25(26)27)13(18)15(19)20)24-12-7-2-1-6-11(12)22-23-24/h1-8,21H. The highest BCUT2D eigenvalue weighted by Gasteiger charge is 2.28. The molecule has 0 aliphatic carbocycles. The van der Waals surface area contributed by atoms with Gasteiger partial charge in [0.05, 0.1) is 10.4 Å². The van der Waals surface area contributed by atoms with E-state index >= 15 is 0 Å². The maximum absolute atomic E-state index is 11.8. The van der Waals surface area contributed by atoms with Gasteiger partial charge in [0.2, 0.25) is 5.82 Å². The minimum Gasteiger partial charge on any atom is -0.334 e. The summed E-state index contributed by atoms with van der Waals surface area (Å²) in [7, 11) is 0. The second-order valence-electron chi connectivity index (χ2n) is 5.15. The van der Waals surface area contributed by atoms with E-state index < -0.39 is 20.1 Å². The molecule has 0 saturated carbocycles. The first-order valence-corrected chi connectivity index (χ1v) is 9.24. The predicted molar refractivity (Wildman–Crippen MR) is 110 cm³/mol. The van der Waals surface area contributed by atoms with E-state index in [1.807, 2.05) is 6.07 Å². The molecule has 0 aliphatic rings. The van der Waals surface area contributed by atoms with Gasteiger partial charge in [-0.2, -0.15) is 4.68 Å². The van der Waals surface area contributed by atoms with E-state index in [1.165, 1.54) is 4.68 Å². The second kappa shape index (κ2) is 8.26. The Morgan fingerprint density at radius 1 is 1.15 bits per heavy atom. The number of anilines is 1. The van der Waals surface area contributed by atoms with Gasteiger partial charge in [0, 0.05) is 10.2 Å². The van der Waals surface area contributed by atoms with Crippen LogP contribution in [-0.2, 0) is 0 Å². The van der Waals surface area contributed by atoms with Gasteiger partial charge in [-0.1, -0.05) is 74.1 Å². The van der Waals surface area contributed by atoms with Crippen LogP contribution in [0.1, 0.15) is 0 Å². The molecule has 0 bridgehead atoms. The summed E-state index contributed by atoms with van der Waals surface area (Å²) in [4.78, 5) is 11.1. The third-order valence-corrected chi connectivity index (χ3v) is 4.86. The molecule has 2 aromatic carbocycles. The van der Waals surface area contributed by atoms with E-state index in [2.05, 4.69) is 31.6 Å². The van der Waals surface area contributed by atoms with Crippen LogP contribution in [0.15, 0.2) is 68.2 Å². The zero-order valence-electron chi connectivity index (χ0n) is 13.2. The molecule has 0 unspecified atom stereocenters. The molecule has 0 amide bonds. The van der Waals surface area contributed by atoms with Crippen LogP contribution in [-0.4, -0.2) is 19.9 Å². The van der Waals surface area contributed by atoms with E-state index in [-0.39, 0.29) is 5.82 Å². The van der Waals surface area contributed by atoms with Crippen molar-refractivity contribution in [3.8, 4) is 0 Å². The van der Waals surface area contributed by atoms with Crippen molar-refractivity contribution in [2.45, 2.75) is 0 Å². The number of hydrogen-bond donors (Lipinski definition) is 1. The van der Waals surface area contributed by atoms with Gasteiger partial charge in [-0.25, -0.2) is 0 Å². The van der Waals surface area contributed by atoms with Crippen molar-refractivity contribution < 1.29 is 4.92 Å². The van der Waals surface area contributed by atoms with Gasteiger partial charge in [0.1, 0.15) is 10.0 Å². The van der Waals surface area contributed by atoms with Crippen molar-refractivity contribution in [2.24, 2.45) is 0 Å². The lowest BCUT2D eigenvalue weighted by Gasteiger charge is -2.12. The number of fused-ring (bicyclic) bond motifs is 1. The molecular formula is C16H9BrCl3N5O2. The first kappa shape index (κ1) is 19.6. The fourth-order valence-electron chi connectivity index (χ4n) is 2.31. The van der Waals surface area contributed by atoms with E-state index in [9.17, 15) is 10.1 Å². The van der Waals surface area contributed by atoms with Crippen LogP contribution in [0.3, 0.4) is 0 Å². The lowest BCUT2D eigenvalue weighted by molar-refractivity contribution is -0.419. The third-order valence-electron chi connectivity index (χ3n) is 3.43. The lowest BCUT2D eigenvalue weighted by Crippen LogP contribution is -2.16. The van der Waals surface area contributed by atoms with E-state index in [0.717, 1.165) is 4.47 Å². The normalized spacial score (nSPS) is 11.9. The number of nitro groups is 1. The molecule has 138 valence electrons. The maximum atomic E-state index is 11.8. The molecule has 1 N–H and O–H groups in total. The number of allylic oxidation sites excluding steroid dienone is 1. The molecule has 3 rings (SSSR count). The van der Waals surface area contributed by atoms with Crippen molar-refractivity contribution in [1.29, 1.82) is 0 Å². The largest absolute Gasteiger partial charge is 0.334 e. The zero-order chi connectivity index (χ0) is 19.6. The number of para-hydroxylation sites is 1. The quantitative estimate of drug-likeness (QED) is 0.287. The van der Waals surface area contributed by atoms with Gasteiger partial charge in [-0.05, 0) is 30.3 Å². The Bertz CT molecular complexity index is 1090. The highest BCUT2D eigenvalue weighted by Crippen LogP contribution is 2.31. The van der Waals surface area contributed by atoms with Crippen LogP contribution < -0.4 is 5.32 Å². The Kier molecular flexibility index (Phi) is 6.01. The highest BCUT2D eigenvalue weighted by molar-refractivity contribution is 9.10. The average molecular weight is 490 g/mol. The molecule has 3 aromatic rings. The molecule has 0 radical (unpaired) electrons. The van der Waals surface area contributed by atoms with Gasteiger partial charge in [0.15, 0.2) is 5.03 Å². The van der Waals surface area contributed by atoms with Crippen LogP contribution in [0.2, 0.25) is 0 Å². The first-order valence-electron chi connectivity index (χ1n) is 7.31. The smallest absolute Gasteiger partial charge is 0.332 e. The Morgan fingerprint density at radius 3 is 2.56 bits per heavy atom. The monoisotopic (exact) mass is 487 g/mol. The zero-order valence-corrected chi connectivity index (χ0v) is 17.1. The van der Waals surface area contributed by atoms with Crippen molar-refractivity contribution in [1.82, 2.24) is 15.0 Å². The van der Waals surface area contributed by atoms with Crippen LogP contribution in [0, 0.1) is 10.1 Å². The van der Waals surface area contributed by atoms with E-state index in [0.29, 0.717) is 16.7 Å². The van der Waals surface area contributed by atoms with Crippen molar-refractivity contribution in [2.75, 3.05) is 5.32 Å². The number of nitrogens with one attached hydrogen (secondary N) is 1. The summed E-state index contributed by atoms with van der Waals surface area (Å²) in [5.41, 5.74) is 1.08. The summed E-state index contributed by atoms with van der Waals surface area (Å²) in [6.07, 6.45) is 0. The molecular weight excluding hydrogens is 480 g/mol. The van der Waals surface area contributed by atoms with Crippen LogP contribution >= 0.6 is 50.7 Å². The van der Waals surface area contributed by atoms with Gasteiger partial charge in [-0.15, -0.1) is 5.10 Å². The van der Waals surface area contributed by atoms with E-state index in [4.69, 9.17) is 34.8 Å². The fraction of sp³-hybridized carbons (Fsp3) is 0. The Balaban J connectivity index is 2.30. The van der Waals surface area contributed by atoms with Crippen molar-refractivity contribution >= 4 is 73.3 Å². The number of nitrogens with zero attached hydrogens (tertiary/aromatic N) is 4. The molecule has 0 atom stereocenters. The molecule has 0 aliphatic heterocycles. The molecule has 0 saturated heterocycles. The van der Waals surface area contributed by atoms with Gasteiger partial charge < -0.3 is 5.32 Å².